The second-order valence-electron chi connectivity index (χ2n) is 5.37. The lowest BCUT2D eigenvalue weighted by molar-refractivity contribution is -0.137. The van der Waals surface area contributed by atoms with Crippen molar-refractivity contribution in [3.63, 3.8) is 0 Å². The maximum absolute atomic E-state index is 12.1. The van der Waals surface area contributed by atoms with Gasteiger partial charge in [-0.2, -0.15) is 0 Å². The molecule has 2 atom stereocenters. The molecule has 0 radical (unpaired) electrons. The Bertz CT molecular complexity index is 253. The highest BCUT2D eigenvalue weighted by molar-refractivity contribution is 5.77. The van der Waals surface area contributed by atoms with Crippen LogP contribution in [-0.4, -0.2) is 42.6 Å². The van der Waals surface area contributed by atoms with E-state index in [2.05, 4.69) is 6.92 Å². The van der Waals surface area contributed by atoms with Crippen LogP contribution in [0.5, 0.6) is 0 Å². The minimum atomic E-state index is -0.377. The van der Waals surface area contributed by atoms with Gasteiger partial charge in [-0.1, -0.05) is 0 Å². The van der Waals surface area contributed by atoms with Crippen molar-refractivity contribution in [3.05, 3.63) is 0 Å². The summed E-state index contributed by atoms with van der Waals surface area (Å²) in [5, 5.41) is 0. The Labute approximate surface area is 98.1 Å². The maximum Gasteiger partial charge on any atom is 0.225 e. The first-order chi connectivity index (χ1) is 7.39. The Balaban J connectivity index is 2.55. The van der Waals surface area contributed by atoms with Gasteiger partial charge in [0.05, 0.1) is 12.0 Å². The van der Waals surface area contributed by atoms with Crippen molar-refractivity contribution in [2.75, 3.05) is 20.2 Å². The van der Waals surface area contributed by atoms with Gasteiger partial charge in [0.15, 0.2) is 0 Å². The summed E-state index contributed by atoms with van der Waals surface area (Å²) in [5.41, 5.74) is 5.27. The third-order valence-electron chi connectivity index (χ3n) is 3.44. The first-order valence-electron chi connectivity index (χ1n) is 5.94. The monoisotopic (exact) mass is 228 g/mol. The van der Waals surface area contributed by atoms with Crippen LogP contribution >= 0.6 is 0 Å². The van der Waals surface area contributed by atoms with E-state index in [9.17, 15) is 4.79 Å². The van der Waals surface area contributed by atoms with E-state index in [0.29, 0.717) is 24.9 Å². The molecule has 94 valence electrons. The van der Waals surface area contributed by atoms with Crippen LogP contribution < -0.4 is 5.73 Å². The molecule has 1 heterocycles. The van der Waals surface area contributed by atoms with Gasteiger partial charge in [0, 0.05) is 19.7 Å². The van der Waals surface area contributed by atoms with E-state index in [1.165, 1.54) is 0 Å². The fraction of sp³-hybridized carbons (Fsp3) is 0.917. The minimum absolute atomic E-state index is 0.176. The van der Waals surface area contributed by atoms with Crippen molar-refractivity contribution in [1.82, 2.24) is 4.90 Å². The van der Waals surface area contributed by atoms with Crippen LogP contribution in [0.15, 0.2) is 0 Å². The number of rotatable bonds is 4. The largest absolute Gasteiger partial charge is 0.378 e. The van der Waals surface area contributed by atoms with Crippen molar-refractivity contribution in [2.24, 2.45) is 11.7 Å². The Morgan fingerprint density at radius 1 is 1.56 bits per heavy atom. The second kappa shape index (κ2) is 5.15. The summed E-state index contributed by atoms with van der Waals surface area (Å²) in [6.07, 6.45) is 1.46. The lowest BCUT2D eigenvalue weighted by Gasteiger charge is -2.28. The molecule has 4 nitrogen and oxygen atoms in total. The van der Waals surface area contributed by atoms with Gasteiger partial charge >= 0.3 is 0 Å². The molecule has 1 amide bonds. The number of hydrogen-bond donors (Lipinski definition) is 1. The molecular formula is C12H24N2O2. The van der Waals surface area contributed by atoms with E-state index in [0.717, 1.165) is 13.0 Å². The van der Waals surface area contributed by atoms with Gasteiger partial charge in [-0.25, -0.2) is 0 Å². The molecule has 1 saturated heterocycles. The molecule has 4 heteroatoms. The first kappa shape index (κ1) is 13.5. The summed E-state index contributed by atoms with van der Waals surface area (Å²) in [5.74, 6) is 0.639. The lowest BCUT2D eigenvalue weighted by atomic mass is 10.0. The number of hydrogen-bond acceptors (Lipinski definition) is 3. The predicted octanol–water partition coefficient (Wildman–Crippen LogP) is 0.997. The van der Waals surface area contributed by atoms with Gasteiger partial charge in [-0.05, 0) is 39.7 Å². The highest BCUT2D eigenvalue weighted by Gasteiger charge is 2.34. The van der Waals surface area contributed by atoms with E-state index >= 15 is 0 Å². The summed E-state index contributed by atoms with van der Waals surface area (Å²) in [4.78, 5) is 14.0. The molecular weight excluding hydrogens is 204 g/mol. The average Bonchev–Trinajstić information content (AvgIpc) is 2.59. The maximum atomic E-state index is 12.1. The first-order valence-corrected chi connectivity index (χ1v) is 5.94. The number of amides is 1. The van der Waals surface area contributed by atoms with E-state index < -0.39 is 0 Å². The van der Waals surface area contributed by atoms with Crippen LogP contribution in [0.2, 0.25) is 0 Å². The molecule has 1 aliphatic heterocycles. The molecule has 1 aliphatic rings. The van der Waals surface area contributed by atoms with Crippen LogP contribution in [0.4, 0.5) is 0 Å². The summed E-state index contributed by atoms with van der Waals surface area (Å²) in [6.45, 7) is 7.43. The number of carbonyl (C=O) groups is 1. The quantitative estimate of drug-likeness (QED) is 0.781. The molecule has 1 fully saturated rings. The standard InChI is InChI=1S/C12H24N2O2/c1-9-5-10(7-13)8-14(9)11(15)6-12(2,3)16-4/h9-10H,5-8,13H2,1-4H3. The summed E-state index contributed by atoms with van der Waals surface area (Å²) in [6, 6.07) is 0.314. The zero-order chi connectivity index (χ0) is 12.3. The Kier molecular flexibility index (Phi) is 4.33. The van der Waals surface area contributed by atoms with Gasteiger partial charge in [-0.3, -0.25) is 4.79 Å². The number of methoxy groups -OCH3 is 1. The van der Waals surface area contributed by atoms with Crippen LogP contribution in [0.3, 0.4) is 0 Å². The minimum Gasteiger partial charge on any atom is -0.378 e. The van der Waals surface area contributed by atoms with Crippen molar-refractivity contribution >= 4 is 5.91 Å². The van der Waals surface area contributed by atoms with Gasteiger partial charge in [0.2, 0.25) is 5.91 Å². The van der Waals surface area contributed by atoms with E-state index in [-0.39, 0.29) is 11.5 Å². The SMILES string of the molecule is COC(C)(C)CC(=O)N1CC(CN)CC1C. The highest BCUT2D eigenvalue weighted by atomic mass is 16.5. The third kappa shape index (κ3) is 3.19. The zero-order valence-electron chi connectivity index (χ0n) is 10.8. The molecule has 1 rings (SSSR count). The number of ether oxygens (including phenoxy) is 1. The van der Waals surface area contributed by atoms with Crippen LogP contribution in [0.1, 0.15) is 33.6 Å². The van der Waals surface area contributed by atoms with E-state index in [1.54, 1.807) is 7.11 Å². The summed E-state index contributed by atoms with van der Waals surface area (Å²) in [7, 11) is 1.64. The molecule has 0 aromatic carbocycles. The van der Waals surface area contributed by atoms with Gasteiger partial charge in [-0.15, -0.1) is 0 Å². The van der Waals surface area contributed by atoms with Gasteiger partial charge in [0.1, 0.15) is 0 Å². The van der Waals surface area contributed by atoms with Crippen molar-refractivity contribution < 1.29 is 9.53 Å². The zero-order valence-corrected chi connectivity index (χ0v) is 10.8. The van der Waals surface area contributed by atoms with Crippen LogP contribution in [-0.2, 0) is 9.53 Å². The van der Waals surface area contributed by atoms with Crippen molar-refractivity contribution in [3.8, 4) is 0 Å². The van der Waals surface area contributed by atoms with Gasteiger partial charge in [0.25, 0.3) is 0 Å². The number of likely N-dealkylation sites (tertiary alicyclic amines) is 1. The highest BCUT2D eigenvalue weighted by Crippen LogP contribution is 2.25. The van der Waals surface area contributed by atoms with Crippen LogP contribution in [0, 0.1) is 5.92 Å². The molecule has 0 saturated carbocycles. The lowest BCUT2D eigenvalue weighted by Crippen LogP contribution is -2.39. The molecule has 16 heavy (non-hydrogen) atoms. The van der Waals surface area contributed by atoms with Crippen LogP contribution in [0.25, 0.3) is 0 Å². The molecule has 0 aliphatic carbocycles. The smallest absolute Gasteiger partial charge is 0.225 e. The normalized spacial score (nSPS) is 26.2. The Hall–Kier alpha value is -0.610. The summed E-state index contributed by atoms with van der Waals surface area (Å²) < 4.78 is 5.28. The predicted molar refractivity (Wildman–Crippen MR) is 64.0 cm³/mol. The molecule has 2 N–H and O–H groups in total. The van der Waals surface area contributed by atoms with Crippen molar-refractivity contribution in [1.29, 1.82) is 0 Å². The fourth-order valence-electron chi connectivity index (χ4n) is 2.20. The molecule has 0 aromatic rings. The third-order valence-corrected chi connectivity index (χ3v) is 3.44. The number of nitrogens with two attached hydrogens (primary N) is 1. The number of nitrogens with zero attached hydrogens (tertiary/aromatic N) is 1. The topological polar surface area (TPSA) is 55.6 Å². The molecule has 0 spiro atoms. The Morgan fingerprint density at radius 2 is 2.19 bits per heavy atom. The second-order valence-corrected chi connectivity index (χ2v) is 5.37. The van der Waals surface area contributed by atoms with E-state index in [4.69, 9.17) is 10.5 Å². The summed E-state index contributed by atoms with van der Waals surface area (Å²) >= 11 is 0. The van der Waals surface area contributed by atoms with Crippen molar-refractivity contribution in [2.45, 2.75) is 45.3 Å². The van der Waals surface area contributed by atoms with E-state index in [1.807, 2.05) is 18.7 Å². The Morgan fingerprint density at radius 3 is 2.62 bits per heavy atom. The molecule has 0 bridgehead atoms. The molecule has 2 unspecified atom stereocenters. The fourth-order valence-corrected chi connectivity index (χ4v) is 2.20. The molecule has 0 aromatic heterocycles. The average molecular weight is 228 g/mol. The number of carbonyl (C=O) groups excluding carboxylic acids is 1. The van der Waals surface area contributed by atoms with Gasteiger partial charge < -0.3 is 15.4 Å².